The number of rotatable bonds is 8. The lowest BCUT2D eigenvalue weighted by Crippen LogP contribution is -2.30. The van der Waals surface area contributed by atoms with Crippen molar-refractivity contribution in [3.05, 3.63) is 63.8 Å². The van der Waals surface area contributed by atoms with Gasteiger partial charge in [0.05, 0.1) is 22.7 Å². The Kier molecular flexibility index (Phi) is 6.05. The number of carbonyl (C=O) groups is 1. The van der Waals surface area contributed by atoms with Crippen molar-refractivity contribution in [2.24, 2.45) is 0 Å². The number of ketones is 1. The lowest BCUT2D eigenvalue weighted by atomic mass is 10.1. The molecule has 1 aromatic carbocycles. The lowest BCUT2D eigenvalue weighted by Gasteiger charge is -2.18. The Morgan fingerprint density at radius 3 is 2.90 bits per heavy atom. The summed E-state index contributed by atoms with van der Waals surface area (Å²) < 4.78 is 28.0. The number of Topliss-reactive ketones (excluding diaryl/α,β-unsaturated/α-hetero) is 1. The maximum atomic E-state index is 12.8. The molecule has 0 bridgehead atoms. The summed E-state index contributed by atoms with van der Waals surface area (Å²) in [6, 6.07) is 6.94. The van der Waals surface area contributed by atoms with Crippen molar-refractivity contribution in [1.29, 1.82) is 0 Å². The molecule has 0 saturated carbocycles. The number of carbonyl (C=O) groups excluding carboxylic acids is 1. The standard InChI is InChI=1S/C21H21N3O4S3/c1-3-9-23-20(26)19-16(8-11-29-19)22-21(23)30-13-18(25)15-5-6-17-14(12-15)7-10-24(17)31(27,28)4-2/h3,5-6,8,11-12H,1,4,7,9-10,13H2,2H3. The van der Waals surface area contributed by atoms with Gasteiger partial charge in [-0.05, 0) is 48.6 Å². The third-order valence-corrected chi connectivity index (χ3v) is 8.78. The molecule has 10 heteroatoms. The zero-order valence-corrected chi connectivity index (χ0v) is 19.4. The number of anilines is 1. The summed E-state index contributed by atoms with van der Waals surface area (Å²) in [5.41, 5.74) is 2.52. The highest BCUT2D eigenvalue weighted by Gasteiger charge is 2.28. The van der Waals surface area contributed by atoms with Crippen LogP contribution < -0.4 is 9.86 Å². The molecular formula is C21H21N3O4S3. The van der Waals surface area contributed by atoms with Gasteiger partial charge in [-0.25, -0.2) is 13.4 Å². The van der Waals surface area contributed by atoms with Crippen LogP contribution >= 0.6 is 23.1 Å². The van der Waals surface area contributed by atoms with Gasteiger partial charge in [0.15, 0.2) is 10.9 Å². The topological polar surface area (TPSA) is 89.3 Å². The van der Waals surface area contributed by atoms with Crippen molar-refractivity contribution in [2.45, 2.75) is 25.0 Å². The van der Waals surface area contributed by atoms with Gasteiger partial charge in [-0.15, -0.1) is 17.9 Å². The summed E-state index contributed by atoms with van der Waals surface area (Å²) in [6.07, 6.45) is 2.21. The van der Waals surface area contributed by atoms with Crippen molar-refractivity contribution in [3.63, 3.8) is 0 Å². The van der Waals surface area contributed by atoms with E-state index < -0.39 is 10.0 Å². The minimum Gasteiger partial charge on any atom is -0.293 e. The summed E-state index contributed by atoms with van der Waals surface area (Å²) in [6.45, 7) is 6.04. The zero-order chi connectivity index (χ0) is 22.2. The fourth-order valence-corrected chi connectivity index (χ4v) is 6.37. The van der Waals surface area contributed by atoms with Crippen molar-refractivity contribution in [3.8, 4) is 0 Å². The highest BCUT2D eigenvalue weighted by atomic mass is 32.2. The second kappa shape index (κ2) is 8.60. The smallest absolute Gasteiger partial charge is 0.272 e. The van der Waals surface area contributed by atoms with E-state index in [4.69, 9.17) is 0 Å². The number of hydrogen-bond acceptors (Lipinski definition) is 7. The number of thiophene rings is 1. The van der Waals surface area contributed by atoms with Crippen LogP contribution in [0, 0.1) is 0 Å². The third-order valence-electron chi connectivity index (χ3n) is 5.13. The minimum absolute atomic E-state index is 0.0393. The van der Waals surface area contributed by atoms with Gasteiger partial charge in [0, 0.05) is 18.7 Å². The van der Waals surface area contributed by atoms with Crippen molar-refractivity contribution in [1.82, 2.24) is 9.55 Å². The van der Waals surface area contributed by atoms with Crippen LogP contribution in [-0.2, 0) is 23.0 Å². The van der Waals surface area contributed by atoms with E-state index in [0.29, 0.717) is 46.1 Å². The molecule has 0 spiro atoms. The average Bonchev–Trinajstić information content (AvgIpc) is 3.41. The van der Waals surface area contributed by atoms with Gasteiger partial charge in [0.2, 0.25) is 10.0 Å². The van der Waals surface area contributed by atoms with Gasteiger partial charge in [-0.1, -0.05) is 17.8 Å². The van der Waals surface area contributed by atoms with Crippen molar-refractivity contribution < 1.29 is 13.2 Å². The summed E-state index contributed by atoms with van der Waals surface area (Å²) in [7, 11) is -3.32. The van der Waals surface area contributed by atoms with Crippen LogP contribution in [0.4, 0.5) is 5.69 Å². The Morgan fingerprint density at radius 2 is 2.16 bits per heavy atom. The molecule has 0 saturated heterocycles. The van der Waals surface area contributed by atoms with E-state index in [1.54, 1.807) is 37.3 Å². The molecule has 0 amide bonds. The van der Waals surface area contributed by atoms with Crippen LogP contribution in [0.1, 0.15) is 22.8 Å². The molecule has 1 aliphatic heterocycles. The minimum atomic E-state index is -3.32. The van der Waals surface area contributed by atoms with E-state index in [2.05, 4.69) is 11.6 Å². The predicted octanol–water partition coefficient (Wildman–Crippen LogP) is 3.33. The monoisotopic (exact) mass is 475 g/mol. The van der Waals surface area contributed by atoms with E-state index in [9.17, 15) is 18.0 Å². The van der Waals surface area contributed by atoms with Gasteiger partial charge in [-0.3, -0.25) is 18.5 Å². The summed E-state index contributed by atoms with van der Waals surface area (Å²) in [5.74, 6) is 0.0570. The normalized spacial score (nSPS) is 13.5. The van der Waals surface area contributed by atoms with Gasteiger partial charge in [0.1, 0.15) is 4.70 Å². The molecule has 0 fully saturated rings. The van der Waals surface area contributed by atoms with Gasteiger partial charge in [0.25, 0.3) is 5.56 Å². The number of hydrogen-bond donors (Lipinski definition) is 0. The van der Waals surface area contributed by atoms with Crippen LogP contribution in [0.5, 0.6) is 0 Å². The molecule has 3 heterocycles. The number of aromatic nitrogens is 2. The van der Waals surface area contributed by atoms with Crippen LogP contribution in [0.15, 0.2) is 52.3 Å². The number of thioether (sulfide) groups is 1. The van der Waals surface area contributed by atoms with Gasteiger partial charge < -0.3 is 0 Å². The summed E-state index contributed by atoms with van der Waals surface area (Å²) in [5, 5.41) is 2.30. The van der Waals surface area contributed by atoms with E-state index in [-0.39, 0.29) is 22.8 Å². The van der Waals surface area contributed by atoms with Crippen LogP contribution in [0.25, 0.3) is 10.2 Å². The Labute approximate surface area is 188 Å². The first kappa shape index (κ1) is 21.8. The van der Waals surface area contributed by atoms with Gasteiger partial charge in [-0.2, -0.15) is 0 Å². The maximum absolute atomic E-state index is 12.8. The second-order valence-corrected chi connectivity index (χ2v) is 11.1. The Bertz CT molecular complexity index is 1340. The predicted molar refractivity (Wildman–Crippen MR) is 126 cm³/mol. The molecule has 1 aliphatic rings. The SMILES string of the molecule is C=CCn1c(SCC(=O)c2ccc3c(c2)CCN3S(=O)(=O)CC)nc2ccsc2c1=O. The van der Waals surface area contributed by atoms with Crippen molar-refractivity contribution in [2.75, 3.05) is 22.4 Å². The van der Waals surface area contributed by atoms with E-state index in [0.717, 1.165) is 5.56 Å². The van der Waals surface area contributed by atoms with Crippen LogP contribution in [-0.4, -0.2) is 41.8 Å². The molecule has 0 aliphatic carbocycles. The molecule has 0 N–H and O–H groups in total. The van der Waals surface area contributed by atoms with E-state index >= 15 is 0 Å². The molecular weight excluding hydrogens is 454 g/mol. The Morgan fingerprint density at radius 1 is 1.35 bits per heavy atom. The molecule has 31 heavy (non-hydrogen) atoms. The first-order valence-corrected chi connectivity index (χ1v) is 13.2. The highest BCUT2D eigenvalue weighted by Crippen LogP contribution is 2.32. The number of nitrogens with zero attached hydrogens (tertiary/aromatic N) is 3. The maximum Gasteiger partial charge on any atom is 0.272 e. The summed E-state index contributed by atoms with van der Waals surface area (Å²) in [4.78, 5) is 30.1. The Hall–Kier alpha value is -2.43. The van der Waals surface area contributed by atoms with Crippen molar-refractivity contribution >= 4 is 54.8 Å². The molecule has 4 rings (SSSR count). The second-order valence-electron chi connectivity index (χ2n) is 7.01. The largest absolute Gasteiger partial charge is 0.293 e. The summed E-state index contributed by atoms with van der Waals surface area (Å²) >= 11 is 2.56. The first-order valence-electron chi connectivity index (χ1n) is 9.74. The lowest BCUT2D eigenvalue weighted by molar-refractivity contribution is 0.102. The molecule has 0 unspecified atom stereocenters. The molecule has 2 aromatic heterocycles. The number of benzene rings is 1. The molecule has 0 radical (unpaired) electrons. The molecule has 162 valence electrons. The number of fused-ring (bicyclic) bond motifs is 2. The Balaban J connectivity index is 1.56. The molecule has 3 aromatic rings. The third kappa shape index (κ3) is 4.07. The number of allylic oxidation sites excluding steroid dienone is 1. The fraction of sp³-hybridized carbons (Fsp3) is 0.286. The molecule has 7 nitrogen and oxygen atoms in total. The van der Waals surface area contributed by atoms with E-state index in [1.807, 2.05) is 5.38 Å². The van der Waals surface area contributed by atoms with E-state index in [1.165, 1.54) is 32.0 Å². The first-order chi connectivity index (χ1) is 14.9. The average molecular weight is 476 g/mol. The zero-order valence-electron chi connectivity index (χ0n) is 16.9. The van der Waals surface area contributed by atoms with Gasteiger partial charge >= 0.3 is 0 Å². The number of sulfonamides is 1. The fourth-order valence-electron chi connectivity index (χ4n) is 3.53. The quantitative estimate of drug-likeness (QED) is 0.215. The van der Waals surface area contributed by atoms with Crippen LogP contribution in [0.3, 0.4) is 0 Å². The van der Waals surface area contributed by atoms with Crippen LogP contribution in [0.2, 0.25) is 0 Å². The highest BCUT2D eigenvalue weighted by molar-refractivity contribution is 7.99. The molecule has 0 atom stereocenters.